The maximum Gasteiger partial charge on any atom is 0.333 e. The van der Waals surface area contributed by atoms with E-state index in [4.69, 9.17) is 0 Å². The highest BCUT2D eigenvalue weighted by molar-refractivity contribution is 6.08. The van der Waals surface area contributed by atoms with Crippen molar-refractivity contribution >= 4 is 17.5 Å². The lowest BCUT2D eigenvalue weighted by atomic mass is 10.1. The Morgan fingerprint density at radius 3 is 2.29 bits per heavy atom. The number of hydrogen-bond acceptors (Lipinski definition) is 6. The summed E-state index contributed by atoms with van der Waals surface area (Å²) < 4.78 is 1.50. The van der Waals surface area contributed by atoms with E-state index < -0.39 is 33.4 Å². The fraction of sp³-hybridized carbons (Fsp3) is 0.133. The van der Waals surface area contributed by atoms with Crippen molar-refractivity contribution in [3.05, 3.63) is 72.4 Å². The highest BCUT2D eigenvalue weighted by atomic mass is 16.6. The molecule has 124 valence electrons. The molecule has 0 saturated heterocycles. The quantitative estimate of drug-likeness (QED) is 0.378. The van der Waals surface area contributed by atoms with Crippen molar-refractivity contribution in [1.29, 1.82) is 0 Å². The third-order valence-electron chi connectivity index (χ3n) is 3.41. The molecule has 1 heterocycles. The van der Waals surface area contributed by atoms with Gasteiger partial charge in [-0.05, 0) is 23.8 Å². The molecule has 0 saturated carbocycles. The lowest BCUT2D eigenvalue weighted by molar-refractivity contribution is -0.384. The molecule has 0 bridgehead atoms. The maximum atomic E-state index is 12.2. The zero-order valence-electron chi connectivity index (χ0n) is 12.8. The van der Waals surface area contributed by atoms with E-state index in [-0.39, 0.29) is 5.69 Å². The van der Waals surface area contributed by atoms with Gasteiger partial charge in [-0.25, -0.2) is 4.79 Å². The highest BCUT2D eigenvalue weighted by Gasteiger charge is 2.19. The van der Waals surface area contributed by atoms with Gasteiger partial charge in [-0.2, -0.15) is 0 Å². The lowest BCUT2D eigenvalue weighted by Crippen LogP contribution is -2.39. The van der Waals surface area contributed by atoms with Crippen molar-refractivity contribution in [2.75, 3.05) is 0 Å². The number of allylic oxidation sites excluding steroid dienone is 1. The molecule has 24 heavy (non-hydrogen) atoms. The van der Waals surface area contributed by atoms with E-state index in [1.165, 1.54) is 44.4 Å². The van der Waals surface area contributed by atoms with E-state index in [1.54, 1.807) is 0 Å². The first-order chi connectivity index (χ1) is 11.2. The predicted octanol–water partition coefficient (Wildman–Crippen LogP) is 0.594. The standard InChI is InChI=1S/C15H13N3O6/c1-16-13(20)12(14(21)17(2)15(16)22)11(19)8-5-9-3-6-10(7-4-9)18(23)24/h3-8,20H,1-2H3. The first-order valence-electron chi connectivity index (χ1n) is 6.70. The van der Waals surface area contributed by atoms with Gasteiger partial charge in [-0.3, -0.25) is 28.8 Å². The van der Waals surface area contributed by atoms with E-state index in [0.717, 1.165) is 10.6 Å². The minimum absolute atomic E-state index is 0.0944. The van der Waals surface area contributed by atoms with Crippen LogP contribution in [0.5, 0.6) is 5.88 Å². The zero-order valence-corrected chi connectivity index (χ0v) is 12.8. The molecule has 0 radical (unpaired) electrons. The number of nitro groups is 1. The van der Waals surface area contributed by atoms with Crippen LogP contribution >= 0.6 is 0 Å². The van der Waals surface area contributed by atoms with Crippen LogP contribution < -0.4 is 11.2 Å². The zero-order chi connectivity index (χ0) is 18.0. The summed E-state index contributed by atoms with van der Waals surface area (Å²) in [5.74, 6) is -1.51. The van der Waals surface area contributed by atoms with Crippen molar-refractivity contribution in [3.8, 4) is 5.88 Å². The Labute approximate surface area is 134 Å². The average molecular weight is 331 g/mol. The minimum atomic E-state index is -0.908. The maximum absolute atomic E-state index is 12.2. The highest BCUT2D eigenvalue weighted by Crippen LogP contribution is 2.14. The Morgan fingerprint density at radius 2 is 1.75 bits per heavy atom. The van der Waals surface area contributed by atoms with Crippen LogP contribution in [0.1, 0.15) is 15.9 Å². The molecule has 0 spiro atoms. The van der Waals surface area contributed by atoms with E-state index in [1.807, 2.05) is 0 Å². The van der Waals surface area contributed by atoms with Gasteiger partial charge in [-0.1, -0.05) is 6.08 Å². The van der Waals surface area contributed by atoms with Crippen LogP contribution in [0.25, 0.3) is 6.08 Å². The first kappa shape index (κ1) is 16.9. The third kappa shape index (κ3) is 3.00. The van der Waals surface area contributed by atoms with Crippen LogP contribution in [0.2, 0.25) is 0 Å². The van der Waals surface area contributed by atoms with Gasteiger partial charge in [-0.15, -0.1) is 0 Å². The molecule has 0 aliphatic carbocycles. The summed E-state index contributed by atoms with van der Waals surface area (Å²) in [6.07, 6.45) is 2.39. The van der Waals surface area contributed by atoms with E-state index in [9.17, 15) is 29.6 Å². The number of benzene rings is 1. The molecule has 2 rings (SSSR count). The monoisotopic (exact) mass is 331 g/mol. The van der Waals surface area contributed by atoms with Crippen LogP contribution in [-0.2, 0) is 14.1 Å². The molecule has 1 N–H and O–H groups in total. The van der Waals surface area contributed by atoms with Gasteiger partial charge in [0.15, 0.2) is 5.78 Å². The fourth-order valence-electron chi connectivity index (χ4n) is 2.01. The SMILES string of the molecule is Cn1c(O)c(C(=O)C=Cc2ccc([N+](=O)[O-])cc2)c(=O)n(C)c1=O. The largest absolute Gasteiger partial charge is 0.494 e. The van der Waals surface area contributed by atoms with Crippen LogP contribution in [0, 0.1) is 10.1 Å². The summed E-state index contributed by atoms with van der Waals surface area (Å²) in [4.78, 5) is 45.8. The number of nitrogens with zero attached hydrogens (tertiary/aromatic N) is 3. The Bertz CT molecular complexity index is 966. The smallest absolute Gasteiger partial charge is 0.333 e. The second kappa shape index (κ2) is 6.32. The number of ketones is 1. The minimum Gasteiger partial charge on any atom is -0.494 e. The predicted molar refractivity (Wildman–Crippen MR) is 85.0 cm³/mol. The van der Waals surface area contributed by atoms with Crippen molar-refractivity contribution in [2.45, 2.75) is 0 Å². The van der Waals surface area contributed by atoms with E-state index in [2.05, 4.69) is 0 Å². The lowest BCUT2D eigenvalue weighted by Gasteiger charge is -2.07. The van der Waals surface area contributed by atoms with Crippen molar-refractivity contribution in [2.24, 2.45) is 14.1 Å². The average Bonchev–Trinajstić information content (AvgIpc) is 2.57. The number of carbonyl (C=O) groups excluding carboxylic acids is 1. The number of aromatic nitrogens is 2. The molecule has 9 heteroatoms. The third-order valence-corrected chi connectivity index (χ3v) is 3.41. The summed E-state index contributed by atoms with van der Waals surface area (Å²) in [5, 5.41) is 20.4. The molecule has 0 aliphatic heterocycles. The molecule has 0 aliphatic rings. The number of non-ortho nitro benzene ring substituents is 1. The van der Waals surface area contributed by atoms with Gasteiger partial charge in [0.1, 0.15) is 5.56 Å². The topological polar surface area (TPSA) is 124 Å². The van der Waals surface area contributed by atoms with Crippen molar-refractivity contribution < 1.29 is 14.8 Å². The number of carbonyl (C=O) groups is 1. The van der Waals surface area contributed by atoms with Crippen molar-refractivity contribution in [1.82, 2.24) is 9.13 Å². The summed E-state index contributed by atoms with van der Waals surface area (Å²) in [5.41, 5.74) is -1.79. The van der Waals surface area contributed by atoms with Crippen LogP contribution in [0.3, 0.4) is 0 Å². The van der Waals surface area contributed by atoms with E-state index >= 15 is 0 Å². The van der Waals surface area contributed by atoms with Gasteiger partial charge >= 0.3 is 5.69 Å². The first-order valence-corrected chi connectivity index (χ1v) is 6.70. The molecule has 9 nitrogen and oxygen atoms in total. The van der Waals surface area contributed by atoms with Crippen molar-refractivity contribution in [3.63, 3.8) is 0 Å². The number of nitro benzene ring substituents is 1. The van der Waals surface area contributed by atoms with Crippen LogP contribution in [0.15, 0.2) is 39.9 Å². The summed E-state index contributed by atoms with van der Waals surface area (Å²) in [6.45, 7) is 0. The normalized spacial score (nSPS) is 10.9. The molecule has 1 aromatic heterocycles. The van der Waals surface area contributed by atoms with E-state index in [0.29, 0.717) is 10.1 Å². The van der Waals surface area contributed by atoms with Gasteiger partial charge in [0.25, 0.3) is 11.2 Å². The Kier molecular flexibility index (Phi) is 4.45. The molecule has 0 fully saturated rings. The second-order valence-electron chi connectivity index (χ2n) is 4.95. The molecular formula is C15H13N3O6. The number of aromatic hydroxyl groups is 1. The van der Waals surface area contributed by atoms with Crippen LogP contribution in [0.4, 0.5) is 5.69 Å². The second-order valence-corrected chi connectivity index (χ2v) is 4.95. The Balaban J connectivity index is 2.39. The molecule has 0 unspecified atom stereocenters. The van der Waals surface area contributed by atoms with Gasteiger partial charge in [0, 0.05) is 26.2 Å². The van der Waals surface area contributed by atoms with Gasteiger partial charge < -0.3 is 5.11 Å². The fourth-order valence-corrected chi connectivity index (χ4v) is 2.01. The molecule has 1 aromatic carbocycles. The van der Waals surface area contributed by atoms with Crippen LogP contribution in [-0.4, -0.2) is 24.9 Å². The Morgan fingerprint density at radius 1 is 1.17 bits per heavy atom. The summed E-state index contributed by atoms with van der Waals surface area (Å²) in [6, 6.07) is 5.40. The number of rotatable bonds is 4. The molecular weight excluding hydrogens is 318 g/mol. The van der Waals surface area contributed by atoms with Gasteiger partial charge in [0.2, 0.25) is 5.88 Å². The van der Waals surface area contributed by atoms with Gasteiger partial charge in [0.05, 0.1) is 4.92 Å². The Hall–Kier alpha value is -3.49. The molecule has 2 aromatic rings. The summed E-state index contributed by atoms with van der Waals surface area (Å²) in [7, 11) is 2.43. The molecule has 0 amide bonds. The molecule has 0 atom stereocenters. The number of hydrogen-bond donors (Lipinski definition) is 1. The summed E-state index contributed by atoms with van der Waals surface area (Å²) >= 11 is 0.